The molecule has 9 heteroatoms. The summed E-state index contributed by atoms with van der Waals surface area (Å²) in [6.45, 7) is 15.9. The first-order valence-corrected chi connectivity index (χ1v) is 16.6. The molecule has 0 heterocycles. The highest BCUT2D eigenvalue weighted by molar-refractivity contribution is 5.88. The minimum atomic E-state index is -2.28. The monoisotopic (exact) mass is 622 g/mol. The molecule has 44 heavy (non-hydrogen) atoms. The van der Waals surface area contributed by atoms with E-state index in [0.717, 1.165) is 20.3 Å². The van der Waals surface area contributed by atoms with Crippen molar-refractivity contribution in [2.45, 2.75) is 144 Å². The van der Waals surface area contributed by atoms with Gasteiger partial charge >= 0.3 is 17.9 Å². The van der Waals surface area contributed by atoms with Crippen molar-refractivity contribution in [2.75, 3.05) is 0 Å². The van der Waals surface area contributed by atoms with E-state index in [-0.39, 0.29) is 17.8 Å². The first-order chi connectivity index (χ1) is 20.2. The number of carboxylic acid groups (broad SMARTS) is 1. The number of carbonyl (C=O) groups excluding carboxylic acids is 2. The van der Waals surface area contributed by atoms with Crippen LogP contribution in [0.15, 0.2) is 11.1 Å². The lowest BCUT2D eigenvalue weighted by Crippen LogP contribution is -2.72. The van der Waals surface area contributed by atoms with Gasteiger partial charge in [-0.3, -0.25) is 4.79 Å². The van der Waals surface area contributed by atoms with Crippen LogP contribution >= 0.6 is 0 Å². The molecule has 0 saturated heterocycles. The molecule has 8 nitrogen and oxygen atoms in total. The van der Waals surface area contributed by atoms with Crippen LogP contribution in [0.25, 0.3) is 0 Å². The Hall–Kier alpha value is -2.00. The smallest absolute Gasteiger partial charge is 0.343 e. The van der Waals surface area contributed by atoms with Crippen LogP contribution in [0.3, 0.4) is 0 Å². The number of hydrogen-bond donors (Lipinski definition) is 3. The number of hydrogen-bond acceptors (Lipinski definition) is 7. The fourth-order valence-corrected chi connectivity index (χ4v) is 10.4. The van der Waals surface area contributed by atoms with Crippen molar-refractivity contribution < 1.29 is 43.6 Å². The molecule has 4 saturated carbocycles. The van der Waals surface area contributed by atoms with Gasteiger partial charge in [0.1, 0.15) is 12.2 Å². The summed E-state index contributed by atoms with van der Waals surface area (Å²) in [6.07, 6.45) is 1.12. The molecule has 250 valence electrons. The third-order valence-corrected chi connectivity index (χ3v) is 12.6. The number of carboxylic acids is 1. The Morgan fingerprint density at radius 1 is 1.07 bits per heavy atom. The molecule has 0 radical (unpaired) electrons. The lowest BCUT2D eigenvalue weighted by atomic mass is 9.35. The maximum atomic E-state index is 14.9. The predicted molar refractivity (Wildman–Crippen MR) is 163 cm³/mol. The molecule has 4 fully saturated rings. The lowest BCUT2D eigenvalue weighted by Gasteiger charge is -2.70. The highest BCUT2D eigenvalue weighted by Crippen LogP contribution is 2.74. The molecule has 4 aliphatic carbocycles. The molecule has 3 N–H and O–H groups in total. The summed E-state index contributed by atoms with van der Waals surface area (Å²) in [7, 11) is 0. The summed E-state index contributed by atoms with van der Waals surface area (Å²) >= 11 is 0. The summed E-state index contributed by atoms with van der Waals surface area (Å²) in [5, 5.41) is 33.9. The van der Waals surface area contributed by atoms with Crippen LogP contribution in [0.5, 0.6) is 0 Å². The second kappa shape index (κ2) is 12.0. The van der Waals surface area contributed by atoms with Crippen molar-refractivity contribution in [3.63, 3.8) is 0 Å². The maximum Gasteiger partial charge on any atom is 0.343 e. The Morgan fingerprint density at radius 2 is 1.70 bits per heavy atom. The molecule has 0 aromatic carbocycles. The molecule has 0 bridgehead atoms. The number of aliphatic hydroxyl groups excluding tert-OH is 2. The van der Waals surface area contributed by atoms with Crippen LogP contribution in [-0.4, -0.2) is 63.3 Å². The largest absolute Gasteiger partial charge is 0.478 e. The summed E-state index contributed by atoms with van der Waals surface area (Å²) in [5.41, 5.74) is -3.44. The van der Waals surface area contributed by atoms with Gasteiger partial charge in [-0.15, -0.1) is 0 Å². The van der Waals surface area contributed by atoms with Gasteiger partial charge in [0.2, 0.25) is 5.67 Å². The van der Waals surface area contributed by atoms with E-state index in [1.165, 1.54) is 6.92 Å². The van der Waals surface area contributed by atoms with Gasteiger partial charge in [0.05, 0.1) is 12.2 Å². The quantitative estimate of drug-likeness (QED) is 0.222. The van der Waals surface area contributed by atoms with Crippen molar-refractivity contribution in [1.82, 2.24) is 0 Å². The molecule has 0 spiro atoms. The van der Waals surface area contributed by atoms with Gasteiger partial charge < -0.3 is 24.8 Å². The van der Waals surface area contributed by atoms with E-state index >= 15 is 0 Å². The number of rotatable bonds is 8. The Balaban J connectivity index is 1.89. The Labute approximate surface area is 262 Å². The Bertz CT molecular complexity index is 1170. The average Bonchev–Trinajstić information content (AvgIpc) is 3.18. The molecular formula is C35H55FO8. The van der Waals surface area contributed by atoms with Crippen molar-refractivity contribution in [1.29, 1.82) is 0 Å². The Morgan fingerprint density at radius 3 is 2.25 bits per heavy atom. The molecule has 11 unspecified atom stereocenters. The number of aliphatic carboxylic acids is 1. The molecule has 4 aliphatic rings. The van der Waals surface area contributed by atoms with Crippen molar-refractivity contribution in [3.8, 4) is 0 Å². The van der Waals surface area contributed by atoms with E-state index in [4.69, 9.17) is 9.47 Å². The number of ether oxygens (including phenoxy) is 2. The molecule has 0 aliphatic heterocycles. The van der Waals surface area contributed by atoms with Gasteiger partial charge in [-0.25, -0.2) is 14.0 Å². The van der Waals surface area contributed by atoms with E-state index in [0.29, 0.717) is 62.0 Å². The second-order valence-corrected chi connectivity index (χ2v) is 16.0. The fourth-order valence-electron chi connectivity index (χ4n) is 10.4. The normalized spacial score (nSPS) is 43.0. The minimum absolute atomic E-state index is 0.0638. The lowest BCUT2D eigenvalue weighted by molar-refractivity contribution is -0.290. The molecule has 0 amide bonds. The molecule has 11 atom stereocenters. The van der Waals surface area contributed by atoms with E-state index < -0.39 is 70.2 Å². The van der Waals surface area contributed by atoms with Crippen LogP contribution < -0.4 is 0 Å². The van der Waals surface area contributed by atoms with Gasteiger partial charge in [0, 0.05) is 23.8 Å². The van der Waals surface area contributed by atoms with E-state index in [9.17, 15) is 34.1 Å². The van der Waals surface area contributed by atoms with Crippen LogP contribution in [0.2, 0.25) is 0 Å². The number of esters is 2. The fraction of sp³-hybridized carbons (Fsp3) is 0.857. The standard InChI is InChI=1S/C35H55FO8/c1-18(2)11-10-12-21(30(40)41)26-22-13-14-25-33(7)16-15-23(38)19(3)27(33)28(44-31(42)32(5,6)36)29(39)35(25,9)34(22,8)17-24(26)43-20(4)37/h18-19,22-25,27-29,38-39H,10-17H2,1-9H3,(H,40,41)/b26-21-. The summed E-state index contributed by atoms with van der Waals surface area (Å²) in [4.78, 5) is 38.3. The number of carbonyl (C=O) groups is 3. The topological polar surface area (TPSA) is 130 Å². The molecular weight excluding hydrogens is 567 g/mol. The maximum absolute atomic E-state index is 14.9. The second-order valence-electron chi connectivity index (χ2n) is 16.0. The van der Waals surface area contributed by atoms with Crippen molar-refractivity contribution in [2.24, 2.45) is 45.8 Å². The van der Waals surface area contributed by atoms with Crippen molar-refractivity contribution >= 4 is 17.9 Å². The first-order valence-electron chi connectivity index (χ1n) is 16.6. The Kier molecular flexibility index (Phi) is 9.49. The minimum Gasteiger partial charge on any atom is -0.478 e. The van der Waals surface area contributed by atoms with E-state index in [1.807, 2.05) is 13.8 Å². The number of aliphatic hydroxyl groups is 2. The highest BCUT2D eigenvalue weighted by atomic mass is 19.1. The van der Waals surface area contributed by atoms with Crippen LogP contribution in [-0.2, 0) is 23.9 Å². The SMILES string of the molecule is CC(=O)OC1CC2(C)C(CCC3C4(C)CCC(O)C(C)C4C(OC(=O)C(C)(C)F)C(O)C32C)/C1=C(\CCCC(C)C)C(=O)O. The summed E-state index contributed by atoms with van der Waals surface area (Å²) in [6, 6.07) is 0. The number of fused-ring (bicyclic) bond motifs is 5. The van der Waals surface area contributed by atoms with Gasteiger partial charge in [-0.05, 0) is 98.9 Å². The van der Waals surface area contributed by atoms with Crippen molar-refractivity contribution in [3.05, 3.63) is 11.1 Å². The molecule has 4 rings (SSSR count). The van der Waals surface area contributed by atoms with E-state index in [2.05, 4.69) is 27.7 Å². The third kappa shape index (κ3) is 5.52. The predicted octanol–water partition coefficient (Wildman–Crippen LogP) is 6.02. The van der Waals surface area contributed by atoms with Crippen LogP contribution in [0, 0.1) is 45.8 Å². The summed E-state index contributed by atoms with van der Waals surface area (Å²) < 4.78 is 26.7. The van der Waals surface area contributed by atoms with Gasteiger partial charge in [0.15, 0.2) is 0 Å². The zero-order chi connectivity index (χ0) is 33.2. The highest BCUT2D eigenvalue weighted by Gasteiger charge is 2.74. The van der Waals surface area contributed by atoms with Crippen LogP contribution in [0.4, 0.5) is 4.39 Å². The summed E-state index contributed by atoms with van der Waals surface area (Å²) in [5.74, 6) is -3.20. The molecule has 0 aromatic heterocycles. The first kappa shape index (κ1) is 34.9. The third-order valence-electron chi connectivity index (χ3n) is 12.6. The zero-order valence-electron chi connectivity index (χ0n) is 28.1. The molecule has 0 aromatic rings. The number of alkyl halides is 1. The van der Waals surface area contributed by atoms with Gasteiger partial charge in [0.25, 0.3) is 0 Å². The average molecular weight is 623 g/mol. The number of halogens is 1. The van der Waals surface area contributed by atoms with Gasteiger partial charge in [-0.1, -0.05) is 48.0 Å². The zero-order valence-corrected chi connectivity index (χ0v) is 28.1. The van der Waals surface area contributed by atoms with E-state index in [1.54, 1.807) is 0 Å². The van der Waals surface area contributed by atoms with Gasteiger partial charge in [-0.2, -0.15) is 0 Å². The van der Waals surface area contributed by atoms with Crippen LogP contribution in [0.1, 0.15) is 114 Å².